The van der Waals surface area contributed by atoms with E-state index >= 15 is 0 Å². The molecule has 5 heteroatoms. The SMILES string of the molecule is N#Cc1cccc2c1nc(CCCl)n2C1CCSCC1. The second-order valence-corrected chi connectivity index (χ2v) is 6.57. The number of para-hydroxylation sites is 1. The van der Waals surface area contributed by atoms with Gasteiger partial charge in [0.15, 0.2) is 0 Å². The molecule has 1 saturated heterocycles. The smallest absolute Gasteiger partial charge is 0.111 e. The average molecular weight is 306 g/mol. The van der Waals surface area contributed by atoms with E-state index in [0.29, 0.717) is 17.5 Å². The molecule has 1 aliphatic rings. The lowest BCUT2D eigenvalue weighted by atomic mass is 10.1. The van der Waals surface area contributed by atoms with E-state index in [1.807, 2.05) is 23.9 Å². The largest absolute Gasteiger partial charge is 0.325 e. The van der Waals surface area contributed by atoms with Gasteiger partial charge in [0.05, 0.1) is 11.1 Å². The third-order valence-electron chi connectivity index (χ3n) is 3.79. The predicted molar refractivity (Wildman–Crippen MR) is 84.5 cm³/mol. The van der Waals surface area contributed by atoms with Gasteiger partial charge in [-0.3, -0.25) is 0 Å². The fourth-order valence-electron chi connectivity index (χ4n) is 2.87. The van der Waals surface area contributed by atoms with Crippen LogP contribution in [0, 0.1) is 11.3 Å². The molecular weight excluding hydrogens is 290 g/mol. The Labute approximate surface area is 127 Å². The average Bonchev–Trinajstić information content (AvgIpc) is 2.86. The van der Waals surface area contributed by atoms with E-state index in [9.17, 15) is 5.26 Å². The van der Waals surface area contributed by atoms with Gasteiger partial charge in [0.25, 0.3) is 0 Å². The lowest BCUT2D eigenvalue weighted by molar-refractivity contribution is 0.466. The maximum atomic E-state index is 9.25. The second kappa shape index (κ2) is 6.07. The van der Waals surface area contributed by atoms with E-state index in [0.717, 1.165) is 23.3 Å². The zero-order chi connectivity index (χ0) is 13.9. The first-order chi connectivity index (χ1) is 9.85. The van der Waals surface area contributed by atoms with Crippen molar-refractivity contribution in [1.82, 2.24) is 9.55 Å². The van der Waals surface area contributed by atoms with Crippen molar-refractivity contribution >= 4 is 34.4 Å². The Balaban J connectivity index is 2.16. The maximum absolute atomic E-state index is 9.25. The number of halogens is 1. The van der Waals surface area contributed by atoms with Crippen molar-refractivity contribution in [1.29, 1.82) is 5.26 Å². The van der Waals surface area contributed by atoms with Gasteiger partial charge in [0.1, 0.15) is 17.4 Å². The summed E-state index contributed by atoms with van der Waals surface area (Å²) in [5.74, 6) is 3.98. The molecule has 0 bridgehead atoms. The number of nitrogens with zero attached hydrogens (tertiary/aromatic N) is 3. The number of aromatic nitrogens is 2. The minimum atomic E-state index is 0.494. The van der Waals surface area contributed by atoms with Crippen LogP contribution in [0.25, 0.3) is 11.0 Å². The molecule has 0 unspecified atom stereocenters. The van der Waals surface area contributed by atoms with Crippen LogP contribution < -0.4 is 0 Å². The van der Waals surface area contributed by atoms with Crippen LogP contribution in [0.1, 0.15) is 30.3 Å². The van der Waals surface area contributed by atoms with Crippen molar-refractivity contribution in [2.24, 2.45) is 0 Å². The third kappa shape index (κ3) is 2.41. The quantitative estimate of drug-likeness (QED) is 0.811. The molecule has 0 amide bonds. The minimum Gasteiger partial charge on any atom is -0.325 e. The van der Waals surface area contributed by atoms with E-state index < -0.39 is 0 Å². The van der Waals surface area contributed by atoms with Crippen LogP contribution in [0.4, 0.5) is 0 Å². The van der Waals surface area contributed by atoms with Crippen molar-refractivity contribution in [2.75, 3.05) is 17.4 Å². The van der Waals surface area contributed by atoms with Crippen LogP contribution in [-0.2, 0) is 6.42 Å². The standard InChI is InChI=1S/C15H16ClN3S/c16-7-4-14-18-15-11(10-17)2-1-3-13(15)19(14)12-5-8-20-9-6-12/h1-3,12H,4-9H2. The number of hydrogen-bond donors (Lipinski definition) is 0. The van der Waals surface area contributed by atoms with Crippen LogP contribution in [-0.4, -0.2) is 26.9 Å². The van der Waals surface area contributed by atoms with E-state index in [2.05, 4.69) is 16.7 Å². The summed E-state index contributed by atoms with van der Waals surface area (Å²) in [6.07, 6.45) is 3.09. The van der Waals surface area contributed by atoms with Gasteiger partial charge in [-0.25, -0.2) is 4.98 Å². The van der Waals surface area contributed by atoms with Gasteiger partial charge >= 0.3 is 0 Å². The summed E-state index contributed by atoms with van der Waals surface area (Å²) in [4.78, 5) is 4.70. The number of benzene rings is 1. The van der Waals surface area contributed by atoms with Crippen LogP contribution in [0.5, 0.6) is 0 Å². The van der Waals surface area contributed by atoms with Crippen LogP contribution >= 0.6 is 23.4 Å². The lowest BCUT2D eigenvalue weighted by Gasteiger charge is -2.25. The van der Waals surface area contributed by atoms with Crippen molar-refractivity contribution in [3.8, 4) is 6.07 Å². The van der Waals surface area contributed by atoms with Crippen molar-refractivity contribution in [3.63, 3.8) is 0 Å². The minimum absolute atomic E-state index is 0.494. The normalized spacial score (nSPS) is 16.4. The van der Waals surface area contributed by atoms with Crippen molar-refractivity contribution in [3.05, 3.63) is 29.6 Å². The molecule has 0 N–H and O–H groups in total. The Morgan fingerprint density at radius 2 is 2.20 bits per heavy atom. The van der Waals surface area contributed by atoms with Crippen molar-refractivity contribution < 1.29 is 0 Å². The van der Waals surface area contributed by atoms with Crippen LogP contribution in [0.3, 0.4) is 0 Å². The van der Waals surface area contributed by atoms with Gasteiger partial charge in [-0.05, 0) is 36.5 Å². The molecule has 1 fully saturated rings. The molecule has 1 aliphatic heterocycles. The van der Waals surface area contributed by atoms with Crippen LogP contribution in [0.15, 0.2) is 18.2 Å². The molecule has 2 heterocycles. The molecule has 3 rings (SSSR count). The Kier molecular flexibility index (Phi) is 4.18. The first-order valence-electron chi connectivity index (χ1n) is 6.88. The van der Waals surface area contributed by atoms with E-state index in [-0.39, 0.29) is 0 Å². The highest BCUT2D eigenvalue weighted by Crippen LogP contribution is 2.32. The number of hydrogen-bond acceptors (Lipinski definition) is 3. The molecule has 3 nitrogen and oxygen atoms in total. The summed E-state index contributed by atoms with van der Waals surface area (Å²) in [6, 6.07) is 8.59. The van der Waals surface area contributed by atoms with Gasteiger partial charge in [-0.15, -0.1) is 11.6 Å². The fourth-order valence-corrected chi connectivity index (χ4v) is 4.12. The maximum Gasteiger partial charge on any atom is 0.111 e. The van der Waals surface area contributed by atoms with Gasteiger partial charge < -0.3 is 4.57 Å². The molecule has 104 valence electrons. The zero-order valence-corrected chi connectivity index (χ0v) is 12.8. The number of nitriles is 1. The summed E-state index contributed by atoms with van der Waals surface area (Å²) in [5.41, 5.74) is 2.57. The topological polar surface area (TPSA) is 41.6 Å². The summed E-state index contributed by atoms with van der Waals surface area (Å²) >= 11 is 7.94. The molecule has 0 aliphatic carbocycles. The summed E-state index contributed by atoms with van der Waals surface area (Å²) in [6.45, 7) is 0. The Morgan fingerprint density at radius 1 is 1.40 bits per heavy atom. The Morgan fingerprint density at radius 3 is 2.90 bits per heavy atom. The van der Waals surface area contributed by atoms with E-state index in [4.69, 9.17) is 16.6 Å². The highest BCUT2D eigenvalue weighted by atomic mass is 35.5. The second-order valence-electron chi connectivity index (χ2n) is 4.97. The molecule has 2 aromatic rings. The monoisotopic (exact) mass is 305 g/mol. The number of imidazole rings is 1. The first kappa shape index (κ1) is 13.8. The summed E-state index contributed by atoms with van der Waals surface area (Å²) in [7, 11) is 0. The molecule has 1 aromatic heterocycles. The molecule has 0 atom stereocenters. The lowest BCUT2D eigenvalue weighted by Crippen LogP contribution is -2.17. The van der Waals surface area contributed by atoms with Gasteiger partial charge in [0, 0.05) is 18.3 Å². The molecule has 0 saturated carbocycles. The number of aryl methyl sites for hydroxylation is 1. The number of thioether (sulfide) groups is 1. The van der Waals surface area contributed by atoms with Crippen molar-refractivity contribution in [2.45, 2.75) is 25.3 Å². The molecule has 0 radical (unpaired) electrons. The van der Waals surface area contributed by atoms with Crippen LogP contribution in [0.2, 0.25) is 0 Å². The molecule has 20 heavy (non-hydrogen) atoms. The highest BCUT2D eigenvalue weighted by Gasteiger charge is 2.22. The number of rotatable bonds is 3. The summed E-state index contributed by atoms with van der Waals surface area (Å²) in [5, 5.41) is 9.25. The third-order valence-corrected chi connectivity index (χ3v) is 5.03. The van der Waals surface area contributed by atoms with E-state index in [1.165, 1.54) is 24.3 Å². The van der Waals surface area contributed by atoms with E-state index in [1.54, 1.807) is 0 Å². The molecule has 0 spiro atoms. The zero-order valence-electron chi connectivity index (χ0n) is 11.2. The molecule has 1 aromatic carbocycles. The number of fused-ring (bicyclic) bond motifs is 1. The fraction of sp³-hybridized carbons (Fsp3) is 0.467. The Bertz CT molecular complexity index is 653. The Hall–Kier alpha value is -1.18. The summed E-state index contributed by atoms with van der Waals surface area (Å²) < 4.78 is 2.33. The molecular formula is C15H16ClN3S. The predicted octanol–water partition coefficient (Wildman–Crippen LogP) is 3.76. The van der Waals surface area contributed by atoms with Gasteiger partial charge in [-0.1, -0.05) is 6.07 Å². The highest BCUT2D eigenvalue weighted by molar-refractivity contribution is 7.99. The van der Waals surface area contributed by atoms with Gasteiger partial charge in [0.2, 0.25) is 0 Å². The first-order valence-corrected chi connectivity index (χ1v) is 8.57. The van der Waals surface area contributed by atoms with Gasteiger partial charge in [-0.2, -0.15) is 17.0 Å². The number of alkyl halides is 1.